The van der Waals surface area contributed by atoms with Gasteiger partial charge in [0.2, 0.25) is 0 Å². The first kappa shape index (κ1) is 32.8. The molecule has 1 heterocycles. The van der Waals surface area contributed by atoms with E-state index >= 15 is 0 Å². The van der Waals surface area contributed by atoms with Gasteiger partial charge in [-0.05, 0) is 25.7 Å². The van der Waals surface area contributed by atoms with Crippen LogP contribution in [0.3, 0.4) is 0 Å². The van der Waals surface area contributed by atoms with Crippen LogP contribution in [0.5, 0.6) is 0 Å². The number of hydrogen-bond acceptors (Lipinski definition) is 5. The number of rotatable bonds is 23. The van der Waals surface area contributed by atoms with Gasteiger partial charge in [-0.15, -0.1) is 0 Å². The highest BCUT2D eigenvalue weighted by Gasteiger charge is 2.42. The zero-order valence-corrected chi connectivity index (χ0v) is 23.5. The van der Waals surface area contributed by atoms with Crippen molar-refractivity contribution in [1.82, 2.24) is 0 Å². The Morgan fingerprint density at radius 1 is 0.571 bits per heavy atom. The van der Waals surface area contributed by atoms with E-state index in [-0.39, 0.29) is 0 Å². The van der Waals surface area contributed by atoms with Gasteiger partial charge in [-0.2, -0.15) is 0 Å². The van der Waals surface area contributed by atoms with Crippen LogP contribution in [-0.2, 0) is 9.47 Å². The summed E-state index contributed by atoms with van der Waals surface area (Å²) in [6.07, 6.45) is 21.4. The van der Waals surface area contributed by atoms with Crippen molar-refractivity contribution in [3.63, 3.8) is 0 Å². The highest BCUT2D eigenvalue weighted by atomic mass is 16.7. The molecule has 0 aromatic carbocycles. The molecule has 0 radical (unpaired) electrons. The zero-order chi connectivity index (χ0) is 25.7. The van der Waals surface area contributed by atoms with Gasteiger partial charge in [-0.25, -0.2) is 0 Å². The molecule has 1 fully saturated rings. The summed E-state index contributed by atoms with van der Waals surface area (Å²) in [5.74, 6) is 0.458. The van der Waals surface area contributed by atoms with Crippen molar-refractivity contribution in [1.29, 1.82) is 0 Å². The lowest BCUT2D eigenvalue weighted by Crippen LogP contribution is -2.57. The van der Waals surface area contributed by atoms with Crippen LogP contribution in [0.2, 0.25) is 0 Å². The Balaban J connectivity index is 2.30. The number of unbranched alkanes of at least 4 members (excludes halogenated alkanes) is 16. The third-order valence-electron chi connectivity index (χ3n) is 7.74. The van der Waals surface area contributed by atoms with Crippen molar-refractivity contribution in [3.8, 4) is 0 Å². The molecule has 2 unspecified atom stereocenters. The van der Waals surface area contributed by atoms with Gasteiger partial charge in [0.05, 0.1) is 12.7 Å². The smallest absolute Gasteiger partial charge is 0.186 e. The molecule has 0 aromatic rings. The molecule has 35 heavy (non-hydrogen) atoms. The van der Waals surface area contributed by atoms with E-state index in [0.29, 0.717) is 12.5 Å². The van der Waals surface area contributed by atoms with Crippen molar-refractivity contribution in [3.05, 3.63) is 0 Å². The van der Waals surface area contributed by atoms with Crippen molar-refractivity contribution >= 4 is 0 Å². The van der Waals surface area contributed by atoms with E-state index in [1.807, 2.05) is 0 Å². The summed E-state index contributed by atoms with van der Waals surface area (Å²) in [6.45, 7) is 6.78. The Hall–Kier alpha value is -0.200. The Labute approximate surface area is 217 Å². The molecule has 0 aliphatic carbocycles. The molecule has 0 bridgehead atoms. The Kier molecular flexibility index (Phi) is 20.5. The quantitative estimate of drug-likeness (QED) is 0.128. The number of ether oxygens (including phenoxy) is 2. The molecule has 0 spiro atoms. The van der Waals surface area contributed by atoms with Crippen molar-refractivity contribution in [2.75, 3.05) is 6.61 Å². The van der Waals surface area contributed by atoms with E-state index in [9.17, 15) is 15.3 Å². The number of hydrogen-bond donors (Lipinski definition) is 3. The largest absolute Gasteiger partial charge is 0.388 e. The first-order valence-corrected chi connectivity index (χ1v) is 15.3. The fourth-order valence-corrected chi connectivity index (χ4v) is 5.18. The molecule has 0 aromatic heterocycles. The molecule has 1 aliphatic rings. The van der Waals surface area contributed by atoms with Crippen LogP contribution < -0.4 is 0 Å². The van der Waals surface area contributed by atoms with Crippen LogP contribution >= 0.6 is 0 Å². The molecule has 1 rings (SSSR count). The van der Waals surface area contributed by atoms with Gasteiger partial charge in [0, 0.05) is 0 Å². The van der Waals surface area contributed by atoms with Crippen LogP contribution in [0.25, 0.3) is 0 Å². The van der Waals surface area contributed by atoms with Crippen LogP contribution in [0, 0.1) is 5.92 Å². The van der Waals surface area contributed by atoms with Gasteiger partial charge in [0.15, 0.2) is 6.29 Å². The second-order valence-electron chi connectivity index (χ2n) is 11.1. The standard InChI is InChI=1S/C30H60O5/c1-4-6-8-10-12-14-15-17-19-21-23-26(22-20-18-16-13-11-9-7-5-2)24-34-30-29(33)28(32)27(31)25(3)35-30/h25-33H,4-24H2,1-3H3/t25-,26?,27-,28+,29+,30?/m0/s1. The summed E-state index contributed by atoms with van der Waals surface area (Å²) in [5, 5.41) is 30.3. The summed E-state index contributed by atoms with van der Waals surface area (Å²) in [6, 6.07) is 0. The highest BCUT2D eigenvalue weighted by Crippen LogP contribution is 2.25. The predicted molar refractivity (Wildman–Crippen MR) is 145 cm³/mol. The first-order chi connectivity index (χ1) is 17.0. The molecule has 1 saturated heterocycles. The summed E-state index contributed by atoms with van der Waals surface area (Å²) in [7, 11) is 0. The van der Waals surface area contributed by atoms with Crippen LogP contribution in [0.4, 0.5) is 0 Å². The Bertz CT molecular complexity index is 460. The van der Waals surface area contributed by atoms with Gasteiger partial charge in [0.1, 0.15) is 18.3 Å². The lowest BCUT2D eigenvalue weighted by molar-refractivity contribution is -0.295. The lowest BCUT2D eigenvalue weighted by atomic mass is 9.94. The minimum Gasteiger partial charge on any atom is -0.388 e. The molecule has 210 valence electrons. The molecular formula is C30H60O5. The van der Waals surface area contributed by atoms with Crippen molar-refractivity contribution < 1.29 is 24.8 Å². The summed E-state index contributed by atoms with van der Waals surface area (Å²) >= 11 is 0. The molecule has 6 atom stereocenters. The first-order valence-electron chi connectivity index (χ1n) is 15.3. The van der Waals surface area contributed by atoms with Gasteiger partial charge in [-0.1, -0.05) is 129 Å². The number of aliphatic hydroxyl groups excluding tert-OH is 3. The Morgan fingerprint density at radius 3 is 1.40 bits per heavy atom. The van der Waals surface area contributed by atoms with Gasteiger partial charge in [-0.3, -0.25) is 0 Å². The molecule has 0 amide bonds. The van der Waals surface area contributed by atoms with E-state index in [2.05, 4.69) is 13.8 Å². The second kappa shape index (κ2) is 21.8. The maximum Gasteiger partial charge on any atom is 0.186 e. The van der Waals surface area contributed by atoms with Crippen LogP contribution in [0.15, 0.2) is 0 Å². The SMILES string of the molecule is CCCCCCCCCCCCC(CCCCCCCCCC)COC1O[C@@H](C)[C@H](O)[C@@H](O)[C@H]1O. The Morgan fingerprint density at radius 2 is 0.971 bits per heavy atom. The maximum atomic E-state index is 10.3. The minimum absolute atomic E-state index is 0.458. The van der Waals surface area contributed by atoms with E-state index in [1.54, 1.807) is 6.92 Å². The van der Waals surface area contributed by atoms with Crippen LogP contribution in [0.1, 0.15) is 149 Å². The monoisotopic (exact) mass is 500 g/mol. The van der Waals surface area contributed by atoms with E-state index in [4.69, 9.17) is 9.47 Å². The van der Waals surface area contributed by atoms with E-state index in [0.717, 1.165) is 12.8 Å². The molecule has 5 nitrogen and oxygen atoms in total. The predicted octanol–water partition coefficient (Wildman–Crippen LogP) is 7.29. The summed E-state index contributed by atoms with van der Waals surface area (Å²) in [5.41, 5.74) is 0. The molecule has 5 heteroatoms. The second-order valence-corrected chi connectivity index (χ2v) is 11.1. The molecule has 1 aliphatic heterocycles. The maximum absolute atomic E-state index is 10.3. The third kappa shape index (κ3) is 15.6. The zero-order valence-electron chi connectivity index (χ0n) is 23.5. The van der Waals surface area contributed by atoms with Gasteiger partial charge < -0.3 is 24.8 Å². The van der Waals surface area contributed by atoms with Gasteiger partial charge >= 0.3 is 0 Å². The molecule has 3 N–H and O–H groups in total. The van der Waals surface area contributed by atoms with Crippen LogP contribution in [-0.4, -0.2) is 52.6 Å². The minimum atomic E-state index is -1.23. The third-order valence-corrected chi connectivity index (χ3v) is 7.74. The fourth-order valence-electron chi connectivity index (χ4n) is 5.18. The molecule has 0 saturated carbocycles. The fraction of sp³-hybridized carbons (Fsp3) is 1.00. The van der Waals surface area contributed by atoms with E-state index in [1.165, 1.54) is 116 Å². The number of aliphatic hydroxyl groups is 3. The van der Waals surface area contributed by atoms with Crippen molar-refractivity contribution in [2.24, 2.45) is 5.92 Å². The topological polar surface area (TPSA) is 79.2 Å². The summed E-state index contributed by atoms with van der Waals surface area (Å²) < 4.78 is 11.6. The normalized spacial score (nSPS) is 25.7. The van der Waals surface area contributed by atoms with E-state index < -0.39 is 30.7 Å². The highest BCUT2D eigenvalue weighted by molar-refractivity contribution is 4.87. The summed E-state index contributed by atoms with van der Waals surface area (Å²) in [4.78, 5) is 0. The average molecular weight is 501 g/mol. The lowest BCUT2D eigenvalue weighted by Gasteiger charge is -2.39. The van der Waals surface area contributed by atoms with Gasteiger partial charge in [0.25, 0.3) is 0 Å². The van der Waals surface area contributed by atoms with Crippen molar-refractivity contribution in [2.45, 2.75) is 180 Å². The average Bonchev–Trinajstić information content (AvgIpc) is 2.86. The molecular weight excluding hydrogens is 440 g/mol.